The Labute approximate surface area is 187 Å². The van der Waals surface area contributed by atoms with Gasteiger partial charge in [0.05, 0.1) is 17.5 Å². The average Bonchev–Trinajstić information content (AvgIpc) is 3.12. The second kappa shape index (κ2) is 9.75. The second-order valence-corrected chi connectivity index (χ2v) is 8.84. The number of para-hydroxylation sites is 1. The molecule has 1 aromatic heterocycles. The van der Waals surface area contributed by atoms with Crippen molar-refractivity contribution in [2.75, 3.05) is 25.2 Å². The van der Waals surface area contributed by atoms with Gasteiger partial charge in [0.1, 0.15) is 0 Å². The molecule has 1 amide bonds. The predicted octanol–water partition coefficient (Wildman–Crippen LogP) is 5.04. The molecule has 3 rings (SSSR count). The minimum Gasteiger partial charge on any atom is -0.324 e. The molecule has 0 aliphatic heterocycles. The van der Waals surface area contributed by atoms with Gasteiger partial charge < -0.3 is 5.32 Å². The topological polar surface area (TPSA) is 63.1 Å². The smallest absolute Gasteiger partial charge is 0.234 e. The number of nitrogens with one attached hydrogen (secondary N) is 1. The number of carbonyl (C=O) groups is 1. The lowest BCUT2D eigenvalue weighted by Gasteiger charge is -2.20. The van der Waals surface area contributed by atoms with Crippen LogP contribution in [0.4, 0.5) is 5.69 Å². The van der Waals surface area contributed by atoms with Gasteiger partial charge in [0.15, 0.2) is 11.0 Å². The third-order valence-corrected chi connectivity index (χ3v) is 6.24. The van der Waals surface area contributed by atoms with Crippen LogP contribution in [0.15, 0.2) is 58.2 Å². The second-order valence-electron chi connectivity index (χ2n) is 6.61. The third-order valence-electron chi connectivity index (χ3n) is 4.37. The number of anilines is 1. The summed E-state index contributed by atoms with van der Waals surface area (Å²) in [6, 6.07) is 15.0. The molecule has 0 saturated carbocycles. The average molecular weight is 495 g/mol. The molecule has 0 bridgehead atoms. The molecule has 1 N–H and O–H groups in total. The van der Waals surface area contributed by atoms with Gasteiger partial charge in [-0.05, 0) is 73.3 Å². The lowest BCUT2D eigenvalue weighted by Crippen LogP contribution is -2.21. The Kier molecular flexibility index (Phi) is 7.34. The first-order valence-corrected chi connectivity index (χ1v) is 11.1. The Hall–Kier alpha value is -1.87. The van der Waals surface area contributed by atoms with E-state index in [9.17, 15) is 4.79 Å². The molecule has 0 saturated heterocycles. The van der Waals surface area contributed by atoms with E-state index >= 15 is 0 Å². The standard InChI is InChI=1S/C20H21BrClN5OS/c1-13(26(2)3)19-24-25-20(27(19)15-10-8-14(22)9-11-15)29-12-18(28)23-17-7-5-4-6-16(17)21/h4-11,13H,12H2,1-3H3,(H,23,28). The Morgan fingerprint density at radius 3 is 2.55 bits per heavy atom. The zero-order valence-corrected chi connectivity index (χ0v) is 19.4. The third kappa shape index (κ3) is 5.39. The molecular weight excluding hydrogens is 474 g/mol. The van der Waals surface area contributed by atoms with Crippen molar-refractivity contribution in [2.45, 2.75) is 18.1 Å². The fourth-order valence-corrected chi connectivity index (χ4v) is 3.86. The predicted molar refractivity (Wildman–Crippen MR) is 122 cm³/mol. The van der Waals surface area contributed by atoms with Crippen LogP contribution in [0, 0.1) is 0 Å². The molecule has 9 heteroatoms. The summed E-state index contributed by atoms with van der Waals surface area (Å²) in [4.78, 5) is 14.5. The van der Waals surface area contributed by atoms with Crippen molar-refractivity contribution in [1.29, 1.82) is 0 Å². The summed E-state index contributed by atoms with van der Waals surface area (Å²) >= 11 is 10.8. The van der Waals surface area contributed by atoms with Crippen LogP contribution in [0.3, 0.4) is 0 Å². The highest BCUT2D eigenvalue weighted by atomic mass is 79.9. The maximum atomic E-state index is 12.4. The Morgan fingerprint density at radius 2 is 1.90 bits per heavy atom. The van der Waals surface area contributed by atoms with E-state index < -0.39 is 0 Å². The normalized spacial score (nSPS) is 12.2. The van der Waals surface area contributed by atoms with E-state index in [2.05, 4.69) is 43.3 Å². The van der Waals surface area contributed by atoms with Crippen molar-refractivity contribution in [3.8, 4) is 5.69 Å². The van der Waals surface area contributed by atoms with Crippen molar-refractivity contribution >= 4 is 50.9 Å². The summed E-state index contributed by atoms with van der Waals surface area (Å²) < 4.78 is 2.81. The summed E-state index contributed by atoms with van der Waals surface area (Å²) in [5.74, 6) is 0.893. The van der Waals surface area contributed by atoms with E-state index in [4.69, 9.17) is 11.6 Å². The first kappa shape index (κ1) is 21.8. The van der Waals surface area contributed by atoms with E-state index in [0.29, 0.717) is 10.2 Å². The van der Waals surface area contributed by atoms with E-state index in [1.54, 1.807) is 0 Å². The lowest BCUT2D eigenvalue weighted by atomic mass is 10.2. The molecule has 1 unspecified atom stereocenters. The molecule has 152 valence electrons. The van der Waals surface area contributed by atoms with Crippen LogP contribution in [0.5, 0.6) is 0 Å². The molecule has 0 fully saturated rings. The first-order valence-electron chi connectivity index (χ1n) is 8.91. The van der Waals surface area contributed by atoms with Crippen LogP contribution >= 0.6 is 39.3 Å². The highest BCUT2D eigenvalue weighted by molar-refractivity contribution is 9.10. The quantitative estimate of drug-likeness (QED) is 0.466. The number of hydrogen-bond donors (Lipinski definition) is 1. The number of hydrogen-bond acceptors (Lipinski definition) is 5. The lowest BCUT2D eigenvalue weighted by molar-refractivity contribution is -0.113. The summed E-state index contributed by atoms with van der Waals surface area (Å²) in [5.41, 5.74) is 1.64. The zero-order chi connectivity index (χ0) is 21.0. The van der Waals surface area contributed by atoms with E-state index in [1.165, 1.54) is 11.8 Å². The van der Waals surface area contributed by atoms with Gasteiger partial charge in [0.25, 0.3) is 0 Å². The fourth-order valence-electron chi connectivity index (χ4n) is 2.59. The van der Waals surface area contributed by atoms with E-state index in [1.807, 2.05) is 67.2 Å². The summed E-state index contributed by atoms with van der Waals surface area (Å²) in [6.45, 7) is 2.06. The van der Waals surface area contributed by atoms with Gasteiger partial charge in [-0.25, -0.2) is 0 Å². The van der Waals surface area contributed by atoms with Gasteiger partial charge in [0.2, 0.25) is 5.91 Å². The maximum Gasteiger partial charge on any atom is 0.234 e. The van der Waals surface area contributed by atoms with Crippen LogP contribution < -0.4 is 5.32 Å². The van der Waals surface area contributed by atoms with Crippen molar-refractivity contribution < 1.29 is 4.79 Å². The molecule has 0 spiro atoms. The molecule has 6 nitrogen and oxygen atoms in total. The number of aromatic nitrogens is 3. The van der Waals surface area contributed by atoms with Crippen LogP contribution in [0.2, 0.25) is 5.02 Å². The van der Waals surface area contributed by atoms with Gasteiger partial charge in [-0.3, -0.25) is 14.3 Å². The van der Waals surface area contributed by atoms with E-state index in [0.717, 1.165) is 21.7 Å². The molecule has 29 heavy (non-hydrogen) atoms. The molecule has 3 aromatic rings. The SMILES string of the molecule is CC(c1nnc(SCC(=O)Nc2ccccc2Br)n1-c1ccc(Cl)cc1)N(C)C. The number of benzene rings is 2. The first-order chi connectivity index (χ1) is 13.9. The summed E-state index contributed by atoms with van der Waals surface area (Å²) in [5, 5.41) is 12.9. The molecule has 1 atom stereocenters. The van der Waals surface area contributed by atoms with Crippen LogP contribution in [-0.4, -0.2) is 45.4 Å². The van der Waals surface area contributed by atoms with Crippen molar-refractivity contribution in [3.05, 3.63) is 63.9 Å². The fraction of sp³-hybridized carbons (Fsp3) is 0.250. The summed E-state index contributed by atoms with van der Waals surface area (Å²) in [6.07, 6.45) is 0. The monoisotopic (exact) mass is 493 g/mol. The molecule has 2 aromatic carbocycles. The highest BCUT2D eigenvalue weighted by Gasteiger charge is 2.21. The van der Waals surface area contributed by atoms with E-state index in [-0.39, 0.29) is 17.7 Å². The number of rotatable bonds is 7. The molecule has 0 aliphatic rings. The van der Waals surface area contributed by atoms with Gasteiger partial charge in [-0.1, -0.05) is 35.5 Å². The number of thioether (sulfide) groups is 1. The largest absolute Gasteiger partial charge is 0.324 e. The van der Waals surface area contributed by atoms with Gasteiger partial charge in [-0.2, -0.15) is 0 Å². The number of amides is 1. The van der Waals surface area contributed by atoms with Crippen molar-refractivity contribution in [1.82, 2.24) is 19.7 Å². The van der Waals surface area contributed by atoms with Gasteiger partial charge in [-0.15, -0.1) is 10.2 Å². The Bertz CT molecular complexity index is 993. The number of nitrogens with zero attached hydrogens (tertiary/aromatic N) is 4. The zero-order valence-electron chi connectivity index (χ0n) is 16.3. The minimum absolute atomic E-state index is 0.0432. The molecule has 0 aliphatic carbocycles. The Balaban J connectivity index is 1.82. The number of carbonyl (C=O) groups excluding carboxylic acids is 1. The Morgan fingerprint density at radius 1 is 1.21 bits per heavy atom. The van der Waals surface area contributed by atoms with Gasteiger partial charge in [0, 0.05) is 15.2 Å². The van der Waals surface area contributed by atoms with Crippen molar-refractivity contribution in [2.24, 2.45) is 0 Å². The highest BCUT2D eigenvalue weighted by Crippen LogP contribution is 2.28. The molecule has 1 heterocycles. The minimum atomic E-state index is -0.116. The molecule has 0 radical (unpaired) electrons. The van der Waals surface area contributed by atoms with Gasteiger partial charge >= 0.3 is 0 Å². The van der Waals surface area contributed by atoms with Crippen molar-refractivity contribution in [3.63, 3.8) is 0 Å². The summed E-state index contributed by atoms with van der Waals surface area (Å²) in [7, 11) is 3.98. The number of halogens is 2. The maximum absolute atomic E-state index is 12.4. The van der Waals surface area contributed by atoms with Crippen LogP contribution in [0.1, 0.15) is 18.8 Å². The van der Waals surface area contributed by atoms with Crippen LogP contribution in [0.25, 0.3) is 5.69 Å². The van der Waals surface area contributed by atoms with Crippen LogP contribution in [-0.2, 0) is 4.79 Å². The molecular formula is C20H21BrClN5OS.